The molecule has 2 N–H and O–H groups in total. The molecule has 0 aliphatic heterocycles. The van der Waals surface area contributed by atoms with E-state index in [1.807, 2.05) is 6.92 Å². The lowest BCUT2D eigenvalue weighted by Crippen LogP contribution is -2.48. The van der Waals surface area contributed by atoms with E-state index < -0.39 is 22.0 Å². The molecule has 0 aromatic heterocycles. The fraction of sp³-hybridized carbons (Fsp3) is 0.333. The third-order valence-electron chi connectivity index (χ3n) is 4.38. The number of hydrazone groups is 1. The third-order valence-corrected chi connectivity index (χ3v) is 5.84. The molecule has 0 fully saturated rings. The molecule has 2 aromatic rings. The molecule has 9 heteroatoms. The summed E-state index contributed by atoms with van der Waals surface area (Å²) in [5.41, 5.74) is 3.96. The number of nitrogens with one attached hydrogen (secondary N) is 2. The van der Waals surface area contributed by atoms with Gasteiger partial charge in [-0.1, -0.05) is 31.5 Å². The number of carbonyl (C=O) groups is 1. The zero-order valence-electron chi connectivity index (χ0n) is 17.7. The summed E-state index contributed by atoms with van der Waals surface area (Å²) in [5, 5.41) is 3.94. The topological polar surface area (TPSA) is 106 Å². The molecule has 1 atom stereocenters. The van der Waals surface area contributed by atoms with Gasteiger partial charge in [0.1, 0.15) is 17.5 Å². The Morgan fingerprint density at radius 2 is 1.73 bits per heavy atom. The van der Waals surface area contributed by atoms with E-state index in [1.165, 1.54) is 25.5 Å². The minimum absolute atomic E-state index is 0.0954. The Bertz CT molecular complexity index is 1000. The molecule has 0 radical (unpaired) electrons. The molecule has 0 bridgehead atoms. The molecule has 0 aliphatic carbocycles. The number of nitrogens with zero attached hydrogens (tertiary/aromatic N) is 1. The molecule has 162 valence electrons. The number of ether oxygens (including phenoxy) is 2. The van der Waals surface area contributed by atoms with Gasteiger partial charge in [0, 0.05) is 11.6 Å². The largest absolute Gasteiger partial charge is 0.497 e. The van der Waals surface area contributed by atoms with Crippen LogP contribution in [0.3, 0.4) is 0 Å². The van der Waals surface area contributed by atoms with Crippen LogP contribution >= 0.6 is 0 Å². The van der Waals surface area contributed by atoms with Gasteiger partial charge in [-0.2, -0.15) is 9.82 Å². The van der Waals surface area contributed by atoms with Crippen LogP contribution in [0.5, 0.6) is 11.5 Å². The first-order chi connectivity index (χ1) is 14.2. The Balaban J connectivity index is 2.12. The van der Waals surface area contributed by atoms with Gasteiger partial charge in [0.15, 0.2) is 0 Å². The van der Waals surface area contributed by atoms with Gasteiger partial charge in [0.2, 0.25) is 10.0 Å². The molecular weight excluding hydrogens is 406 g/mol. The van der Waals surface area contributed by atoms with Crippen molar-refractivity contribution in [2.45, 2.75) is 31.7 Å². The van der Waals surface area contributed by atoms with Gasteiger partial charge >= 0.3 is 0 Å². The summed E-state index contributed by atoms with van der Waals surface area (Å²) >= 11 is 0. The molecule has 0 unspecified atom stereocenters. The first-order valence-corrected chi connectivity index (χ1v) is 10.8. The van der Waals surface area contributed by atoms with Gasteiger partial charge in [-0.05, 0) is 37.1 Å². The molecule has 30 heavy (non-hydrogen) atoms. The number of carbonyl (C=O) groups excluding carboxylic acids is 1. The SMILES string of the molecule is COc1ccc(/C=N\NC(=O)[C@@H](NS(=O)(=O)c2ccc(C)cc2)C(C)C)c(OC)c1. The zero-order valence-corrected chi connectivity index (χ0v) is 18.5. The number of hydrogen-bond donors (Lipinski definition) is 2. The highest BCUT2D eigenvalue weighted by atomic mass is 32.2. The second-order valence-corrected chi connectivity index (χ2v) is 8.71. The highest BCUT2D eigenvalue weighted by Crippen LogP contribution is 2.23. The molecule has 0 saturated heterocycles. The molecule has 8 nitrogen and oxygen atoms in total. The van der Waals surface area contributed by atoms with E-state index in [2.05, 4.69) is 15.2 Å². The number of sulfonamides is 1. The highest BCUT2D eigenvalue weighted by Gasteiger charge is 2.28. The summed E-state index contributed by atoms with van der Waals surface area (Å²) in [4.78, 5) is 12.7. The maximum atomic E-state index is 12.6. The summed E-state index contributed by atoms with van der Waals surface area (Å²) in [6.07, 6.45) is 1.42. The van der Waals surface area contributed by atoms with Crippen molar-refractivity contribution in [2.24, 2.45) is 11.0 Å². The predicted molar refractivity (Wildman–Crippen MR) is 115 cm³/mol. The van der Waals surface area contributed by atoms with Gasteiger partial charge in [-0.3, -0.25) is 4.79 Å². The van der Waals surface area contributed by atoms with Gasteiger partial charge in [-0.15, -0.1) is 0 Å². The summed E-state index contributed by atoms with van der Waals surface area (Å²) < 4.78 is 38.2. The third kappa shape index (κ3) is 6.04. The average molecular weight is 434 g/mol. The van der Waals surface area contributed by atoms with Gasteiger partial charge < -0.3 is 9.47 Å². The molecular formula is C21H27N3O5S. The van der Waals surface area contributed by atoms with Crippen molar-refractivity contribution >= 4 is 22.1 Å². The van der Waals surface area contributed by atoms with Gasteiger partial charge in [0.05, 0.1) is 25.3 Å². The van der Waals surface area contributed by atoms with Crippen molar-refractivity contribution in [3.05, 3.63) is 53.6 Å². The smallest absolute Gasteiger partial charge is 0.258 e. The quantitative estimate of drug-likeness (QED) is 0.467. The van der Waals surface area contributed by atoms with E-state index >= 15 is 0 Å². The normalized spacial score (nSPS) is 12.7. The molecule has 2 rings (SSSR count). The van der Waals surface area contributed by atoms with Crippen molar-refractivity contribution in [3.63, 3.8) is 0 Å². The number of amides is 1. The van der Waals surface area contributed by atoms with Gasteiger partial charge in [0.25, 0.3) is 5.91 Å². The Hall–Kier alpha value is -2.91. The Morgan fingerprint density at radius 1 is 1.07 bits per heavy atom. The maximum Gasteiger partial charge on any atom is 0.258 e. The van der Waals surface area contributed by atoms with Crippen LogP contribution in [0, 0.1) is 12.8 Å². The summed E-state index contributed by atoms with van der Waals surface area (Å²) in [5.74, 6) is 0.284. The van der Waals surface area contributed by atoms with Crippen LogP contribution in [-0.2, 0) is 14.8 Å². The van der Waals surface area contributed by atoms with Crippen molar-refractivity contribution in [3.8, 4) is 11.5 Å². The molecule has 0 heterocycles. The number of methoxy groups -OCH3 is 2. The zero-order chi connectivity index (χ0) is 22.3. The van der Waals surface area contributed by atoms with E-state index in [9.17, 15) is 13.2 Å². The van der Waals surface area contributed by atoms with Crippen LogP contribution in [0.25, 0.3) is 0 Å². The van der Waals surface area contributed by atoms with Crippen LogP contribution in [-0.4, -0.2) is 40.8 Å². The standard InChI is InChI=1S/C21H27N3O5S/c1-14(2)20(24-30(26,27)18-10-6-15(3)7-11-18)21(25)23-22-13-16-8-9-17(28-4)12-19(16)29-5/h6-14,20,24H,1-5H3,(H,23,25)/b22-13-/t20-/m0/s1. The summed E-state index contributed by atoms with van der Waals surface area (Å²) in [7, 11) is -0.797. The Labute approximate surface area is 177 Å². The highest BCUT2D eigenvalue weighted by molar-refractivity contribution is 7.89. The lowest BCUT2D eigenvalue weighted by Gasteiger charge is -2.20. The van der Waals surface area contributed by atoms with E-state index in [0.717, 1.165) is 5.56 Å². The summed E-state index contributed by atoms with van der Waals surface area (Å²) in [6.45, 7) is 5.36. The fourth-order valence-corrected chi connectivity index (χ4v) is 3.95. The van der Waals surface area contributed by atoms with E-state index in [1.54, 1.807) is 51.3 Å². The first-order valence-electron chi connectivity index (χ1n) is 9.32. The van der Waals surface area contributed by atoms with Crippen molar-refractivity contribution < 1.29 is 22.7 Å². The predicted octanol–water partition coefficient (Wildman–Crippen LogP) is 2.47. The minimum atomic E-state index is -3.86. The van der Waals surface area contributed by atoms with Crippen molar-refractivity contribution in [2.75, 3.05) is 14.2 Å². The molecule has 1 amide bonds. The summed E-state index contributed by atoms with van der Waals surface area (Å²) in [6, 6.07) is 10.6. The second kappa shape index (κ2) is 10.2. The fourth-order valence-electron chi connectivity index (χ4n) is 2.61. The monoisotopic (exact) mass is 433 g/mol. The number of rotatable bonds is 9. The first kappa shape index (κ1) is 23.4. The van der Waals surface area contributed by atoms with Gasteiger partial charge in [-0.25, -0.2) is 13.8 Å². The molecule has 2 aromatic carbocycles. The van der Waals surface area contributed by atoms with Crippen LogP contribution in [0.2, 0.25) is 0 Å². The lowest BCUT2D eigenvalue weighted by atomic mass is 10.1. The molecule has 0 aliphatic rings. The van der Waals surface area contributed by atoms with E-state index in [-0.39, 0.29) is 10.8 Å². The number of hydrogen-bond acceptors (Lipinski definition) is 6. The van der Waals surface area contributed by atoms with Crippen LogP contribution < -0.4 is 19.6 Å². The molecule has 0 spiro atoms. The van der Waals surface area contributed by atoms with Crippen molar-refractivity contribution in [1.82, 2.24) is 10.1 Å². The van der Waals surface area contributed by atoms with Crippen LogP contribution in [0.4, 0.5) is 0 Å². The van der Waals surface area contributed by atoms with Crippen molar-refractivity contribution in [1.29, 1.82) is 0 Å². The second-order valence-electron chi connectivity index (χ2n) is 7.00. The Morgan fingerprint density at radius 3 is 2.30 bits per heavy atom. The minimum Gasteiger partial charge on any atom is -0.497 e. The Kier molecular flexibility index (Phi) is 7.96. The maximum absolute atomic E-state index is 12.6. The number of aryl methyl sites for hydroxylation is 1. The average Bonchev–Trinajstić information content (AvgIpc) is 2.72. The van der Waals surface area contributed by atoms with Crippen LogP contribution in [0.15, 0.2) is 52.5 Å². The number of benzene rings is 2. The lowest BCUT2D eigenvalue weighted by molar-refractivity contribution is -0.123. The van der Waals surface area contributed by atoms with E-state index in [0.29, 0.717) is 17.1 Å². The molecule has 0 saturated carbocycles. The van der Waals surface area contributed by atoms with E-state index in [4.69, 9.17) is 9.47 Å². The van der Waals surface area contributed by atoms with Crippen LogP contribution in [0.1, 0.15) is 25.0 Å².